The summed E-state index contributed by atoms with van der Waals surface area (Å²) in [6.45, 7) is 3.89. The molecule has 1 fully saturated rings. The summed E-state index contributed by atoms with van der Waals surface area (Å²) in [6.07, 6.45) is 0. The van der Waals surface area contributed by atoms with Gasteiger partial charge in [-0.05, 0) is 37.1 Å². The standard InChI is InChI=1S/C26H19FN2O3S/c1-14-12-15(2)21-19(13-14)33-26(28-21)29-22(17-10-6-7-11-18(17)27)20(24(31)25(29)32)23(30)16-8-4-3-5-9-16/h3-13,20,22H,1-2H3. The number of Topliss-reactive ketones (excluding diaryl/α,β-unsaturated/α-hetero) is 2. The number of carbonyl (C=O) groups excluding carboxylic acids is 3. The van der Waals surface area contributed by atoms with E-state index in [4.69, 9.17) is 0 Å². The zero-order valence-electron chi connectivity index (χ0n) is 17.9. The number of carbonyl (C=O) groups is 3. The van der Waals surface area contributed by atoms with E-state index in [1.807, 2.05) is 26.0 Å². The molecule has 33 heavy (non-hydrogen) atoms. The number of ketones is 2. The van der Waals surface area contributed by atoms with E-state index in [9.17, 15) is 18.8 Å². The van der Waals surface area contributed by atoms with Gasteiger partial charge in [-0.2, -0.15) is 0 Å². The maximum atomic E-state index is 15.0. The van der Waals surface area contributed by atoms with Gasteiger partial charge < -0.3 is 0 Å². The van der Waals surface area contributed by atoms with Gasteiger partial charge in [0.25, 0.3) is 5.91 Å². The number of anilines is 1. The molecule has 0 bridgehead atoms. The van der Waals surface area contributed by atoms with Crippen LogP contribution in [-0.2, 0) is 9.59 Å². The molecule has 164 valence electrons. The van der Waals surface area contributed by atoms with Crippen LogP contribution in [0.5, 0.6) is 0 Å². The summed E-state index contributed by atoms with van der Waals surface area (Å²) >= 11 is 1.25. The Morgan fingerprint density at radius 3 is 2.42 bits per heavy atom. The minimum absolute atomic E-state index is 0.109. The molecule has 0 N–H and O–H groups in total. The van der Waals surface area contributed by atoms with Crippen LogP contribution in [0.15, 0.2) is 66.7 Å². The third-order valence-corrected chi connectivity index (χ3v) is 6.90. The minimum Gasteiger partial charge on any atom is -0.293 e. The Balaban J connectivity index is 1.71. The first-order valence-corrected chi connectivity index (χ1v) is 11.3. The van der Waals surface area contributed by atoms with Crippen LogP contribution >= 0.6 is 11.3 Å². The number of hydrogen-bond acceptors (Lipinski definition) is 5. The Hall–Kier alpha value is -3.71. The number of aryl methyl sites for hydroxylation is 2. The lowest BCUT2D eigenvalue weighted by atomic mass is 9.86. The largest absolute Gasteiger partial charge is 0.297 e. The molecular weight excluding hydrogens is 439 g/mol. The quantitative estimate of drug-likeness (QED) is 0.239. The fourth-order valence-corrected chi connectivity index (χ4v) is 5.59. The average Bonchev–Trinajstić information content (AvgIpc) is 3.33. The van der Waals surface area contributed by atoms with Gasteiger partial charge in [-0.1, -0.05) is 65.9 Å². The number of aromatic nitrogens is 1. The van der Waals surface area contributed by atoms with Crippen LogP contribution in [0, 0.1) is 25.6 Å². The normalized spacial score (nSPS) is 18.3. The van der Waals surface area contributed by atoms with Gasteiger partial charge in [-0.25, -0.2) is 9.37 Å². The first-order chi connectivity index (χ1) is 15.9. The van der Waals surface area contributed by atoms with E-state index in [1.165, 1.54) is 34.4 Å². The van der Waals surface area contributed by atoms with Crippen molar-refractivity contribution in [1.82, 2.24) is 4.98 Å². The third kappa shape index (κ3) is 3.45. The van der Waals surface area contributed by atoms with Crippen molar-refractivity contribution in [3.05, 3.63) is 94.8 Å². The molecule has 7 heteroatoms. The molecule has 5 rings (SSSR count). The summed E-state index contributed by atoms with van der Waals surface area (Å²) in [5.41, 5.74) is 3.10. The monoisotopic (exact) mass is 458 g/mol. The molecule has 1 saturated heterocycles. The molecule has 2 heterocycles. The first-order valence-electron chi connectivity index (χ1n) is 10.5. The van der Waals surface area contributed by atoms with Gasteiger partial charge in [0.15, 0.2) is 10.9 Å². The van der Waals surface area contributed by atoms with Gasteiger partial charge in [0, 0.05) is 11.1 Å². The van der Waals surface area contributed by atoms with Crippen molar-refractivity contribution in [1.29, 1.82) is 0 Å². The number of rotatable bonds is 4. The van der Waals surface area contributed by atoms with Crippen molar-refractivity contribution >= 4 is 44.2 Å². The molecule has 1 aromatic heterocycles. The second-order valence-corrected chi connectivity index (χ2v) is 9.15. The summed E-state index contributed by atoms with van der Waals surface area (Å²) in [7, 11) is 0. The summed E-state index contributed by atoms with van der Waals surface area (Å²) in [5.74, 6) is -4.19. The fraction of sp³-hybridized carbons (Fsp3) is 0.154. The second-order valence-electron chi connectivity index (χ2n) is 8.14. The number of fused-ring (bicyclic) bond motifs is 1. The van der Waals surface area contributed by atoms with Crippen LogP contribution in [0.1, 0.15) is 33.1 Å². The molecule has 0 radical (unpaired) electrons. The molecule has 1 amide bonds. The number of hydrogen-bond donors (Lipinski definition) is 0. The van der Waals surface area contributed by atoms with E-state index in [1.54, 1.807) is 36.4 Å². The number of thiazole rings is 1. The van der Waals surface area contributed by atoms with E-state index in [0.717, 1.165) is 15.8 Å². The minimum atomic E-state index is -1.37. The number of benzene rings is 3. The average molecular weight is 459 g/mol. The Morgan fingerprint density at radius 2 is 1.70 bits per heavy atom. The first kappa shape index (κ1) is 21.2. The molecule has 1 aliphatic heterocycles. The van der Waals surface area contributed by atoms with Crippen molar-refractivity contribution in [2.75, 3.05) is 4.90 Å². The van der Waals surface area contributed by atoms with Gasteiger partial charge in [0.2, 0.25) is 5.78 Å². The number of nitrogens with zero attached hydrogens (tertiary/aromatic N) is 2. The van der Waals surface area contributed by atoms with Crippen LogP contribution in [0.3, 0.4) is 0 Å². The van der Waals surface area contributed by atoms with Crippen molar-refractivity contribution in [3.63, 3.8) is 0 Å². The number of halogens is 1. The second kappa shape index (κ2) is 8.01. The molecule has 2 atom stereocenters. The smallest absolute Gasteiger partial charge is 0.293 e. The van der Waals surface area contributed by atoms with Crippen molar-refractivity contribution in [2.45, 2.75) is 19.9 Å². The van der Waals surface area contributed by atoms with Crippen molar-refractivity contribution in [3.8, 4) is 0 Å². The lowest BCUT2D eigenvalue weighted by Gasteiger charge is -2.25. The molecule has 3 aromatic carbocycles. The summed E-state index contributed by atoms with van der Waals surface area (Å²) in [6, 6.07) is 17.0. The Bertz CT molecular complexity index is 1430. The van der Waals surface area contributed by atoms with Crippen LogP contribution in [0.2, 0.25) is 0 Å². The highest BCUT2D eigenvalue weighted by atomic mass is 32.1. The van der Waals surface area contributed by atoms with E-state index in [0.29, 0.717) is 11.1 Å². The van der Waals surface area contributed by atoms with Gasteiger partial charge >= 0.3 is 0 Å². The van der Waals surface area contributed by atoms with Gasteiger partial charge in [0.1, 0.15) is 11.7 Å². The topological polar surface area (TPSA) is 67.3 Å². The molecule has 5 nitrogen and oxygen atoms in total. The zero-order valence-corrected chi connectivity index (χ0v) is 18.7. The van der Waals surface area contributed by atoms with E-state index < -0.39 is 35.3 Å². The van der Waals surface area contributed by atoms with E-state index in [-0.39, 0.29) is 10.7 Å². The highest BCUT2D eigenvalue weighted by molar-refractivity contribution is 7.22. The predicted octanol–water partition coefficient (Wildman–Crippen LogP) is 5.21. The van der Waals surface area contributed by atoms with Gasteiger partial charge in [-0.3, -0.25) is 19.3 Å². The van der Waals surface area contributed by atoms with Gasteiger partial charge in [-0.15, -0.1) is 0 Å². The summed E-state index contributed by atoms with van der Waals surface area (Å²) < 4.78 is 15.8. The maximum absolute atomic E-state index is 15.0. The molecule has 0 spiro atoms. The Morgan fingerprint density at radius 1 is 1.00 bits per heavy atom. The molecule has 0 saturated carbocycles. The molecule has 0 aliphatic carbocycles. The van der Waals surface area contributed by atoms with Gasteiger partial charge in [0.05, 0.1) is 16.3 Å². The summed E-state index contributed by atoms with van der Waals surface area (Å²) in [4.78, 5) is 45.7. The maximum Gasteiger partial charge on any atom is 0.297 e. The lowest BCUT2D eigenvalue weighted by molar-refractivity contribution is -0.135. The van der Waals surface area contributed by atoms with Crippen LogP contribution < -0.4 is 4.90 Å². The summed E-state index contributed by atoms with van der Waals surface area (Å²) in [5, 5.41) is 0.272. The van der Waals surface area contributed by atoms with Crippen molar-refractivity contribution in [2.24, 2.45) is 5.92 Å². The highest BCUT2D eigenvalue weighted by Gasteiger charge is 2.54. The van der Waals surface area contributed by atoms with Crippen LogP contribution in [0.25, 0.3) is 10.2 Å². The molecule has 2 unspecified atom stereocenters. The van der Waals surface area contributed by atoms with E-state index >= 15 is 0 Å². The highest BCUT2D eigenvalue weighted by Crippen LogP contribution is 2.44. The lowest BCUT2D eigenvalue weighted by Crippen LogP contribution is -2.31. The molecule has 1 aliphatic rings. The van der Waals surface area contributed by atoms with Crippen LogP contribution in [-0.4, -0.2) is 22.5 Å². The predicted molar refractivity (Wildman–Crippen MR) is 125 cm³/mol. The van der Waals surface area contributed by atoms with Crippen LogP contribution in [0.4, 0.5) is 9.52 Å². The SMILES string of the molecule is Cc1cc(C)c2nc(N3C(=O)C(=O)C(C(=O)c4ccccc4)C3c3ccccc3F)sc2c1. The number of amides is 1. The molecular formula is C26H19FN2O3S. The molecule has 4 aromatic rings. The van der Waals surface area contributed by atoms with Crippen molar-refractivity contribution < 1.29 is 18.8 Å². The Labute approximate surface area is 193 Å². The third-order valence-electron chi connectivity index (χ3n) is 5.90. The Kier molecular flexibility index (Phi) is 5.13. The zero-order chi connectivity index (χ0) is 23.3. The fourth-order valence-electron chi connectivity index (χ4n) is 4.42. The van der Waals surface area contributed by atoms with E-state index in [2.05, 4.69) is 4.98 Å².